The van der Waals surface area contributed by atoms with E-state index in [1.165, 1.54) is 0 Å². The Kier molecular flexibility index (Phi) is 4.70. The van der Waals surface area contributed by atoms with Crippen LogP contribution < -0.4 is 5.73 Å². The van der Waals surface area contributed by atoms with Crippen LogP contribution >= 0.6 is 0 Å². The number of hydrogen-bond donors (Lipinski definition) is 1. The highest BCUT2D eigenvalue weighted by Crippen LogP contribution is 2.17. The molecule has 0 fully saturated rings. The lowest BCUT2D eigenvalue weighted by Gasteiger charge is -2.19. The first-order valence-electron chi connectivity index (χ1n) is 5.92. The molecule has 0 saturated carbocycles. The minimum absolute atomic E-state index is 0.195. The van der Waals surface area contributed by atoms with E-state index < -0.39 is 0 Å². The maximum atomic E-state index is 11.6. The zero-order valence-electron chi connectivity index (χ0n) is 10.8. The van der Waals surface area contributed by atoms with Crippen molar-refractivity contribution in [2.24, 2.45) is 5.73 Å². The van der Waals surface area contributed by atoms with Gasteiger partial charge in [-0.2, -0.15) is 0 Å². The van der Waals surface area contributed by atoms with E-state index in [0.717, 1.165) is 5.56 Å². The predicted octanol–water partition coefficient (Wildman–Crippen LogP) is 2.81. The molecule has 1 aromatic carbocycles. The average Bonchev–Trinajstić information content (AvgIpc) is 2.27. The van der Waals surface area contributed by atoms with E-state index >= 15 is 0 Å². The Balaban J connectivity index is 2.42. The molecule has 0 aliphatic carbocycles. The zero-order valence-corrected chi connectivity index (χ0v) is 10.8. The van der Waals surface area contributed by atoms with Gasteiger partial charge in [0.2, 0.25) is 0 Å². The second-order valence-corrected chi connectivity index (χ2v) is 5.03. The summed E-state index contributed by atoms with van der Waals surface area (Å²) in [5, 5.41) is 0. The Morgan fingerprint density at radius 2 is 1.94 bits per heavy atom. The molecular weight excluding hydrogens is 214 g/mol. The molecule has 94 valence electrons. The zero-order chi connectivity index (χ0) is 12.9. The SMILES string of the molecule is CC(OC(=O)CCC(C)(C)N)c1ccccc1. The van der Waals surface area contributed by atoms with Gasteiger partial charge in [0.1, 0.15) is 6.10 Å². The lowest BCUT2D eigenvalue weighted by molar-refractivity contribution is -0.149. The normalized spacial score (nSPS) is 13.2. The molecule has 0 aliphatic heterocycles. The summed E-state index contributed by atoms with van der Waals surface area (Å²) in [6.07, 6.45) is 0.790. The molecule has 3 nitrogen and oxygen atoms in total. The second-order valence-electron chi connectivity index (χ2n) is 5.03. The third kappa shape index (κ3) is 5.50. The van der Waals surface area contributed by atoms with Crippen molar-refractivity contribution in [3.63, 3.8) is 0 Å². The summed E-state index contributed by atoms with van der Waals surface area (Å²) in [7, 11) is 0. The number of nitrogens with two attached hydrogens (primary N) is 1. The van der Waals surface area contributed by atoms with Crippen LogP contribution in [0.5, 0.6) is 0 Å². The number of rotatable bonds is 5. The molecule has 0 heterocycles. The first kappa shape index (κ1) is 13.7. The summed E-state index contributed by atoms with van der Waals surface area (Å²) in [6.45, 7) is 5.68. The summed E-state index contributed by atoms with van der Waals surface area (Å²) in [6, 6.07) is 9.70. The Labute approximate surface area is 103 Å². The minimum atomic E-state index is -0.324. The van der Waals surface area contributed by atoms with Gasteiger partial charge in [-0.15, -0.1) is 0 Å². The Bertz CT molecular complexity index is 354. The Hall–Kier alpha value is -1.35. The predicted molar refractivity (Wildman–Crippen MR) is 68.4 cm³/mol. The topological polar surface area (TPSA) is 52.3 Å². The van der Waals surface area contributed by atoms with Crippen LogP contribution in [0.4, 0.5) is 0 Å². The van der Waals surface area contributed by atoms with Gasteiger partial charge in [-0.25, -0.2) is 0 Å². The molecule has 1 aromatic rings. The average molecular weight is 235 g/mol. The maximum absolute atomic E-state index is 11.6. The fourth-order valence-electron chi connectivity index (χ4n) is 1.47. The van der Waals surface area contributed by atoms with Crippen molar-refractivity contribution >= 4 is 5.97 Å². The molecule has 1 rings (SSSR count). The van der Waals surface area contributed by atoms with E-state index in [1.807, 2.05) is 51.1 Å². The standard InChI is InChI=1S/C14H21NO2/c1-11(12-7-5-4-6-8-12)17-13(16)9-10-14(2,3)15/h4-8,11H,9-10,15H2,1-3H3. The van der Waals surface area contributed by atoms with Crippen LogP contribution in [0.1, 0.15) is 45.3 Å². The van der Waals surface area contributed by atoms with Crippen molar-refractivity contribution < 1.29 is 9.53 Å². The third-order valence-electron chi connectivity index (χ3n) is 2.55. The number of ether oxygens (including phenoxy) is 1. The molecule has 0 amide bonds. The maximum Gasteiger partial charge on any atom is 0.306 e. The number of esters is 1. The highest BCUT2D eigenvalue weighted by Gasteiger charge is 2.16. The molecule has 0 aromatic heterocycles. The van der Waals surface area contributed by atoms with Gasteiger partial charge >= 0.3 is 5.97 Å². The molecule has 0 radical (unpaired) electrons. The number of carbonyl (C=O) groups is 1. The second kappa shape index (κ2) is 5.82. The summed E-state index contributed by atoms with van der Waals surface area (Å²) in [5.74, 6) is -0.195. The van der Waals surface area contributed by atoms with Gasteiger partial charge in [-0.1, -0.05) is 30.3 Å². The molecule has 1 unspecified atom stereocenters. The van der Waals surface area contributed by atoms with Gasteiger partial charge in [0.05, 0.1) is 0 Å². The molecule has 2 N–H and O–H groups in total. The number of carbonyl (C=O) groups excluding carboxylic acids is 1. The van der Waals surface area contributed by atoms with Crippen molar-refractivity contribution in [3.05, 3.63) is 35.9 Å². The van der Waals surface area contributed by atoms with E-state index in [-0.39, 0.29) is 17.6 Å². The molecule has 0 aliphatic rings. The van der Waals surface area contributed by atoms with Gasteiger partial charge in [-0.3, -0.25) is 4.79 Å². The molecule has 1 atom stereocenters. The summed E-state index contributed by atoms with van der Waals surface area (Å²) >= 11 is 0. The molecule has 0 saturated heterocycles. The smallest absolute Gasteiger partial charge is 0.306 e. The highest BCUT2D eigenvalue weighted by molar-refractivity contribution is 5.69. The summed E-state index contributed by atoms with van der Waals surface area (Å²) in [4.78, 5) is 11.6. The minimum Gasteiger partial charge on any atom is -0.458 e. The van der Waals surface area contributed by atoms with Crippen LogP contribution in [-0.4, -0.2) is 11.5 Å². The largest absolute Gasteiger partial charge is 0.458 e. The van der Waals surface area contributed by atoms with Crippen LogP contribution in [0.2, 0.25) is 0 Å². The lowest BCUT2D eigenvalue weighted by atomic mass is 10.0. The molecule has 17 heavy (non-hydrogen) atoms. The quantitative estimate of drug-likeness (QED) is 0.798. The van der Waals surface area contributed by atoms with Gasteiger partial charge in [-0.05, 0) is 32.8 Å². The van der Waals surface area contributed by atoms with Crippen molar-refractivity contribution in [2.45, 2.75) is 45.3 Å². The number of benzene rings is 1. The fraction of sp³-hybridized carbons (Fsp3) is 0.500. The van der Waals surface area contributed by atoms with Crippen LogP contribution in [0.25, 0.3) is 0 Å². The van der Waals surface area contributed by atoms with E-state index in [9.17, 15) is 4.79 Å². The first-order valence-corrected chi connectivity index (χ1v) is 5.92. The molecule has 0 bridgehead atoms. The van der Waals surface area contributed by atoms with Crippen LogP contribution in [-0.2, 0) is 9.53 Å². The van der Waals surface area contributed by atoms with E-state index in [0.29, 0.717) is 12.8 Å². The van der Waals surface area contributed by atoms with Crippen LogP contribution in [0, 0.1) is 0 Å². The molecule has 3 heteroatoms. The van der Waals surface area contributed by atoms with E-state index in [2.05, 4.69) is 0 Å². The number of hydrogen-bond acceptors (Lipinski definition) is 3. The van der Waals surface area contributed by atoms with Crippen molar-refractivity contribution in [3.8, 4) is 0 Å². The third-order valence-corrected chi connectivity index (χ3v) is 2.55. The molecule has 0 spiro atoms. The van der Waals surface area contributed by atoms with Crippen molar-refractivity contribution in [2.75, 3.05) is 0 Å². The van der Waals surface area contributed by atoms with Crippen molar-refractivity contribution in [1.82, 2.24) is 0 Å². The Morgan fingerprint density at radius 1 is 1.35 bits per heavy atom. The lowest BCUT2D eigenvalue weighted by Crippen LogP contribution is -2.32. The van der Waals surface area contributed by atoms with Gasteiger partial charge < -0.3 is 10.5 Å². The van der Waals surface area contributed by atoms with Crippen LogP contribution in [0.3, 0.4) is 0 Å². The van der Waals surface area contributed by atoms with Gasteiger partial charge in [0.25, 0.3) is 0 Å². The van der Waals surface area contributed by atoms with Crippen molar-refractivity contribution in [1.29, 1.82) is 0 Å². The summed E-state index contributed by atoms with van der Waals surface area (Å²) in [5.41, 5.74) is 6.50. The monoisotopic (exact) mass is 235 g/mol. The first-order chi connectivity index (χ1) is 7.88. The Morgan fingerprint density at radius 3 is 2.47 bits per heavy atom. The molecular formula is C14H21NO2. The van der Waals surface area contributed by atoms with Crippen LogP contribution in [0.15, 0.2) is 30.3 Å². The van der Waals surface area contributed by atoms with E-state index in [4.69, 9.17) is 10.5 Å². The highest BCUT2D eigenvalue weighted by atomic mass is 16.5. The summed E-state index contributed by atoms with van der Waals surface area (Å²) < 4.78 is 5.34. The van der Waals surface area contributed by atoms with E-state index in [1.54, 1.807) is 0 Å². The van der Waals surface area contributed by atoms with Gasteiger partial charge in [0, 0.05) is 12.0 Å². The fourth-order valence-corrected chi connectivity index (χ4v) is 1.47. The van der Waals surface area contributed by atoms with Gasteiger partial charge in [0.15, 0.2) is 0 Å².